The monoisotopic (exact) mass is 263 g/mol. The van der Waals surface area contributed by atoms with Gasteiger partial charge < -0.3 is 15.2 Å². The number of fused-ring (bicyclic) bond motifs is 1. The third-order valence-electron chi connectivity index (χ3n) is 3.00. The van der Waals surface area contributed by atoms with Crippen molar-refractivity contribution < 1.29 is 19.4 Å². The van der Waals surface area contributed by atoms with E-state index in [-0.39, 0.29) is 24.7 Å². The SMILES string of the molecule is CC1CNc2cc(C(=O)CCCC(=O)O)ccc2O1. The van der Waals surface area contributed by atoms with Crippen molar-refractivity contribution in [3.8, 4) is 5.75 Å². The van der Waals surface area contributed by atoms with Gasteiger partial charge in [0, 0.05) is 18.4 Å². The van der Waals surface area contributed by atoms with E-state index < -0.39 is 5.97 Å². The van der Waals surface area contributed by atoms with Crippen LogP contribution in [0.25, 0.3) is 0 Å². The second kappa shape index (κ2) is 5.73. The first-order valence-electron chi connectivity index (χ1n) is 6.36. The van der Waals surface area contributed by atoms with Crippen molar-refractivity contribution in [2.75, 3.05) is 11.9 Å². The number of nitrogens with one attached hydrogen (secondary N) is 1. The van der Waals surface area contributed by atoms with E-state index in [1.807, 2.05) is 6.92 Å². The second-order valence-electron chi connectivity index (χ2n) is 4.69. The Morgan fingerprint density at radius 3 is 2.95 bits per heavy atom. The lowest BCUT2D eigenvalue weighted by Crippen LogP contribution is -2.27. The highest BCUT2D eigenvalue weighted by molar-refractivity contribution is 5.97. The van der Waals surface area contributed by atoms with Crippen LogP contribution in [0, 0.1) is 0 Å². The summed E-state index contributed by atoms with van der Waals surface area (Å²) in [5, 5.41) is 11.8. The summed E-state index contributed by atoms with van der Waals surface area (Å²) >= 11 is 0. The number of carboxylic acid groups (broad SMARTS) is 1. The molecular formula is C14H17NO4. The summed E-state index contributed by atoms with van der Waals surface area (Å²) in [4.78, 5) is 22.3. The number of Topliss-reactive ketones (excluding diaryl/α,β-unsaturated/α-hetero) is 1. The number of hydrogen-bond acceptors (Lipinski definition) is 4. The number of benzene rings is 1. The van der Waals surface area contributed by atoms with Crippen LogP contribution in [0.3, 0.4) is 0 Å². The Morgan fingerprint density at radius 1 is 1.42 bits per heavy atom. The molecule has 1 aliphatic heterocycles. The van der Waals surface area contributed by atoms with E-state index in [2.05, 4.69) is 5.32 Å². The molecule has 0 saturated heterocycles. The van der Waals surface area contributed by atoms with Gasteiger partial charge in [0.15, 0.2) is 5.78 Å². The summed E-state index contributed by atoms with van der Waals surface area (Å²) in [5.41, 5.74) is 1.41. The first-order chi connectivity index (χ1) is 9.06. The zero-order valence-electron chi connectivity index (χ0n) is 10.8. The summed E-state index contributed by atoms with van der Waals surface area (Å²) in [6, 6.07) is 5.27. The standard InChI is InChI=1S/C14H17NO4/c1-9-8-15-11-7-10(5-6-13(11)19-9)12(16)3-2-4-14(17)18/h5-7,9,15H,2-4,8H2,1H3,(H,17,18). The molecule has 1 atom stereocenters. The normalized spacial score (nSPS) is 17.0. The van der Waals surface area contributed by atoms with Gasteiger partial charge in [0.25, 0.3) is 0 Å². The average molecular weight is 263 g/mol. The Kier molecular flexibility index (Phi) is 4.04. The highest BCUT2D eigenvalue weighted by Crippen LogP contribution is 2.30. The molecule has 102 valence electrons. The Labute approximate surface area is 111 Å². The molecule has 0 fully saturated rings. The number of anilines is 1. The molecule has 19 heavy (non-hydrogen) atoms. The molecule has 1 aliphatic rings. The molecule has 0 spiro atoms. The summed E-state index contributed by atoms with van der Waals surface area (Å²) in [7, 11) is 0. The lowest BCUT2D eigenvalue weighted by atomic mass is 10.0. The molecule has 1 aromatic carbocycles. The zero-order chi connectivity index (χ0) is 13.8. The van der Waals surface area contributed by atoms with E-state index in [1.54, 1.807) is 18.2 Å². The molecule has 1 heterocycles. The molecule has 0 radical (unpaired) electrons. The van der Waals surface area contributed by atoms with Crippen molar-refractivity contribution in [3.05, 3.63) is 23.8 Å². The Hall–Kier alpha value is -2.04. The van der Waals surface area contributed by atoms with Gasteiger partial charge >= 0.3 is 5.97 Å². The molecule has 0 saturated carbocycles. The Bertz CT molecular complexity index is 498. The van der Waals surface area contributed by atoms with Gasteiger partial charge in [-0.3, -0.25) is 9.59 Å². The fraction of sp³-hybridized carbons (Fsp3) is 0.429. The van der Waals surface area contributed by atoms with Gasteiger partial charge in [0.2, 0.25) is 0 Å². The largest absolute Gasteiger partial charge is 0.487 e. The van der Waals surface area contributed by atoms with E-state index >= 15 is 0 Å². The number of ketones is 1. The van der Waals surface area contributed by atoms with Crippen LogP contribution in [-0.4, -0.2) is 29.5 Å². The third kappa shape index (κ3) is 3.47. The smallest absolute Gasteiger partial charge is 0.303 e. The molecular weight excluding hydrogens is 246 g/mol. The molecule has 0 bridgehead atoms. The molecule has 0 aromatic heterocycles. The van der Waals surface area contributed by atoms with Crippen LogP contribution < -0.4 is 10.1 Å². The summed E-state index contributed by atoms with van der Waals surface area (Å²) in [6.07, 6.45) is 0.758. The van der Waals surface area contributed by atoms with Crippen LogP contribution >= 0.6 is 0 Å². The quantitative estimate of drug-likeness (QED) is 0.797. The van der Waals surface area contributed by atoms with Gasteiger partial charge in [-0.2, -0.15) is 0 Å². The van der Waals surface area contributed by atoms with Gasteiger partial charge in [-0.05, 0) is 31.5 Å². The predicted molar refractivity (Wildman–Crippen MR) is 70.8 cm³/mol. The fourth-order valence-corrected chi connectivity index (χ4v) is 2.00. The van der Waals surface area contributed by atoms with E-state index in [9.17, 15) is 9.59 Å². The Morgan fingerprint density at radius 2 is 2.21 bits per heavy atom. The van der Waals surface area contributed by atoms with Gasteiger partial charge in [0.1, 0.15) is 11.9 Å². The summed E-state index contributed by atoms with van der Waals surface area (Å²) in [5.74, 6) is -0.160. The highest BCUT2D eigenvalue weighted by atomic mass is 16.5. The number of ether oxygens (including phenoxy) is 1. The number of aliphatic carboxylic acids is 1. The zero-order valence-corrected chi connectivity index (χ0v) is 10.8. The lowest BCUT2D eigenvalue weighted by molar-refractivity contribution is -0.137. The minimum Gasteiger partial charge on any atom is -0.487 e. The topological polar surface area (TPSA) is 75.6 Å². The van der Waals surface area contributed by atoms with Crippen molar-refractivity contribution in [2.45, 2.75) is 32.3 Å². The van der Waals surface area contributed by atoms with E-state index in [0.29, 0.717) is 18.5 Å². The molecule has 1 unspecified atom stereocenters. The lowest BCUT2D eigenvalue weighted by Gasteiger charge is -2.25. The van der Waals surface area contributed by atoms with Crippen LogP contribution in [0.5, 0.6) is 5.75 Å². The number of carbonyl (C=O) groups excluding carboxylic acids is 1. The van der Waals surface area contributed by atoms with Gasteiger partial charge in [-0.15, -0.1) is 0 Å². The van der Waals surface area contributed by atoms with E-state index in [4.69, 9.17) is 9.84 Å². The van der Waals surface area contributed by atoms with Crippen LogP contribution in [0.4, 0.5) is 5.69 Å². The van der Waals surface area contributed by atoms with Crippen molar-refractivity contribution >= 4 is 17.4 Å². The number of carbonyl (C=O) groups is 2. The number of carboxylic acids is 1. The maximum Gasteiger partial charge on any atom is 0.303 e. The molecule has 5 nitrogen and oxygen atoms in total. The molecule has 1 aromatic rings. The predicted octanol–water partition coefficient (Wildman–Crippen LogP) is 2.32. The molecule has 2 N–H and O–H groups in total. The van der Waals surface area contributed by atoms with Crippen LogP contribution in [-0.2, 0) is 4.79 Å². The molecule has 2 rings (SSSR count). The van der Waals surface area contributed by atoms with Crippen molar-refractivity contribution in [1.82, 2.24) is 0 Å². The Balaban J connectivity index is 2.01. The molecule has 5 heteroatoms. The first kappa shape index (κ1) is 13.4. The van der Waals surface area contributed by atoms with Gasteiger partial charge in [-0.25, -0.2) is 0 Å². The number of rotatable bonds is 5. The van der Waals surface area contributed by atoms with Crippen molar-refractivity contribution in [1.29, 1.82) is 0 Å². The molecule has 0 aliphatic carbocycles. The second-order valence-corrected chi connectivity index (χ2v) is 4.69. The average Bonchev–Trinajstić information content (AvgIpc) is 2.37. The van der Waals surface area contributed by atoms with Crippen LogP contribution in [0.2, 0.25) is 0 Å². The van der Waals surface area contributed by atoms with Crippen molar-refractivity contribution in [3.63, 3.8) is 0 Å². The first-order valence-corrected chi connectivity index (χ1v) is 6.36. The molecule has 0 amide bonds. The van der Waals surface area contributed by atoms with Crippen LogP contribution in [0.15, 0.2) is 18.2 Å². The maximum atomic E-state index is 11.9. The van der Waals surface area contributed by atoms with Crippen LogP contribution in [0.1, 0.15) is 36.5 Å². The minimum absolute atomic E-state index is 0.0234. The van der Waals surface area contributed by atoms with Crippen molar-refractivity contribution in [2.24, 2.45) is 0 Å². The van der Waals surface area contributed by atoms with Gasteiger partial charge in [-0.1, -0.05) is 0 Å². The fourth-order valence-electron chi connectivity index (χ4n) is 2.00. The maximum absolute atomic E-state index is 11.9. The third-order valence-corrected chi connectivity index (χ3v) is 3.00. The summed E-state index contributed by atoms with van der Waals surface area (Å²) < 4.78 is 5.63. The van der Waals surface area contributed by atoms with Gasteiger partial charge in [0.05, 0.1) is 12.2 Å². The van der Waals surface area contributed by atoms with E-state index in [1.165, 1.54) is 0 Å². The summed E-state index contributed by atoms with van der Waals surface area (Å²) in [6.45, 7) is 2.69. The minimum atomic E-state index is -0.873. The highest BCUT2D eigenvalue weighted by Gasteiger charge is 2.17. The number of hydrogen-bond donors (Lipinski definition) is 2. The van der Waals surface area contributed by atoms with E-state index in [0.717, 1.165) is 11.4 Å².